The first-order valence-electron chi connectivity index (χ1n) is 9.05. The predicted molar refractivity (Wildman–Crippen MR) is 103 cm³/mol. The molecule has 0 bridgehead atoms. The molecule has 2 aromatic carbocycles. The zero-order valence-corrected chi connectivity index (χ0v) is 15.5. The van der Waals surface area contributed by atoms with Crippen LogP contribution in [0.2, 0.25) is 0 Å². The van der Waals surface area contributed by atoms with Gasteiger partial charge in [-0.3, -0.25) is 9.59 Å². The Kier molecular flexibility index (Phi) is 5.36. The number of ketones is 1. The van der Waals surface area contributed by atoms with E-state index in [1.54, 1.807) is 13.0 Å². The molecule has 3 heteroatoms. The van der Waals surface area contributed by atoms with Crippen LogP contribution in [0.25, 0.3) is 5.57 Å². The van der Waals surface area contributed by atoms with Gasteiger partial charge >= 0.3 is 5.97 Å². The molecule has 0 fully saturated rings. The molecule has 0 aliphatic heterocycles. The van der Waals surface area contributed by atoms with Crippen molar-refractivity contribution in [3.8, 4) is 0 Å². The molecule has 0 heterocycles. The highest BCUT2D eigenvalue weighted by Crippen LogP contribution is 2.41. The average Bonchev–Trinajstić information content (AvgIpc) is 2.62. The summed E-state index contributed by atoms with van der Waals surface area (Å²) in [5.74, 6) is -1.57. The first kappa shape index (κ1) is 18.1. The summed E-state index contributed by atoms with van der Waals surface area (Å²) in [6.45, 7) is 6.10. The lowest BCUT2D eigenvalue weighted by Gasteiger charge is -2.30. The topological polar surface area (TPSA) is 43.4 Å². The highest BCUT2D eigenvalue weighted by molar-refractivity contribution is 6.10. The van der Waals surface area contributed by atoms with Crippen LogP contribution in [0.1, 0.15) is 41.5 Å². The highest BCUT2D eigenvalue weighted by atomic mass is 16.5. The van der Waals surface area contributed by atoms with Crippen molar-refractivity contribution in [1.82, 2.24) is 0 Å². The van der Waals surface area contributed by atoms with Gasteiger partial charge in [-0.05, 0) is 55.5 Å². The molecule has 26 heavy (non-hydrogen) atoms. The van der Waals surface area contributed by atoms with Crippen LogP contribution >= 0.6 is 0 Å². The largest absolute Gasteiger partial charge is 0.465 e. The van der Waals surface area contributed by atoms with Crippen LogP contribution in [0.5, 0.6) is 0 Å². The van der Waals surface area contributed by atoms with Gasteiger partial charge in [-0.1, -0.05) is 54.1 Å². The lowest BCUT2D eigenvalue weighted by molar-refractivity contribution is -0.151. The van der Waals surface area contributed by atoms with Gasteiger partial charge in [-0.2, -0.15) is 0 Å². The number of hydrogen-bond donors (Lipinski definition) is 0. The first-order chi connectivity index (χ1) is 12.5. The van der Waals surface area contributed by atoms with Crippen molar-refractivity contribution >= 4 is 17.3 Å². The number of carbonyl (C=O) groups is 2. The van der Waals surface area contributed by atoms with Crippen LogP contribution in [0.15, 0.2) is 54.6 Å². The van der Waals surface area contributed by atoms with Crippen LogP contribution in [-0.2, 0) is 14.3 Å². The van der Waals surface area contributed by atoms with Gasteiger partial charge in [0.15, 0.2) is 5.78 Å². The van der Waals surface area contributed by atoms with Gasteiger partial charge in [0, 0.05) is 5.92 Å². The summed E-state index contributed by atoms with van der Waals surface area (Å²) in [6, 6.07) is 16.1. The molecule has 3 rings (SSSR count). The van der Waals surface area contributed by atoms with Gasteiger partial charge in [0.2, 0.25) is 0 Å². The molecule has 1 aliphatic carbocycles. The number of rotatable bonds is 4. The van der Waals surface area contributed by atoms with Crippen LogP contribution in [0, 0.1) is 19.8 Å². The number of allylic oxidation sites excluding steroid dienone is 2. The molecule has 0 spiro atoms. The van der Waals surface area contributed by atoms with Crippen molar-refractivity contribution in [1.29, 1.82) is 0 Å². The Morgan fingerprint density at radius 3 is 2.42 bits per heavy atom. The van der Waals surface area contributed by atoms with E-state index in [1.165, 1.54) is 5.56 Å². The summed E-state index contributed by atoms with van der Waals surface area (Å²) in [5.41, 5.74) is 5.31. The maximum absolute atomic E-state index is 12.9. The molecule has 2 aromatic rings. The summed E-state index contributed by atoms with van der Waals surface area (Å²) < 4.78 is 5.21. The van der Waals surface area contributed by atoms with Crippen molar-refractivity contribution in [2.45, 2.75) is 33.1 Å². The van der Waals surface area contributed by atoms with Gasteiger partial charge in [0.05, 0.1) is 6.61 Å². The normalized spacial score (nSPS) is 19.8. The smallest absolute Gasteiger partial charge is 0.317 e. The molecule has 0 saturated heterocycles. The van der Waals surface area contributed by atoms with Crippen molar-refractivity contribution in [3.63, 3.8) is 0 Å². The number of carbonyl (C=O) groups excluding carboxylic acids is 2. The Balaban J connectivity index is 2.04. The summed E-state index contributed by atoms with van der Waals surface area (Å²) >= 11 is 0. The summed E-state index contributed by atoms with van der Waals surface area (Å²) in [7, 11) is 0. The quantitative estimate of drug-likeness (QED) is 0.598. The number of ether oxygens (including phenoxy) is 1. The van der Waals surface area contributed by atoms with Gasteiger partial charge in [0.25, 0.3) is 0 Å². The minimum atomic E-state index is -0.773. The zero-order valence-electron chi connectivity index (χ0n) is 15.5. The maximum Gasteiger partial charge on any atom is 0.317 e. The molecule has 2 unspecified atom stereocenters. The SMILES string of the molecule is CCOC(=O)C1C(=O)C=C(c2ccc(C)cc2)CC1c1ccccc1C. The maximum atomic E-state index is 12.9. The minimum Gasteiger partial charge on any atom is -0.465 e. The number of esters is 1. The Labute approximate surface area is 154 Å². The molecule has 0 amide bonds. The third-order valence-corrected chi connectivity index (χ3v) is 5.02. The fraction of sp³-hybridized carbons (Fsp3) is 0.304. The summed E-state index contributed by atoms with van der Waals surface area (Å²) in [5, 5.41) is 0. The van der Waals surface area contributed by atoms with Crippen LogP contribution in [-0.4, -0.2) is 18.4 Å². The fourth-order valence-electron chi connectivity index (χ4n) is 3.65. The molecular weight excluding hydrogens is 324 g/mol. The molecule has 2 atom stereocenters. The second kappa shape index (κ2) is 7.69. The van der Waals surface area contributed by atoms with Crippen molar-refractivity contribution in [2.75, 3.05) is 6.61 Å². The molecule has 0 N–H and O–H groups in total. The number of aryl methyl sites for hydroxylation is 2. The Morgan fingerprint density at radius 1 is 1.08 bits per heavy atom. The lowest BCUT2D eigenvalue weighted by atomic mass is 9.72. The zero-order chi connectivity index (χ0) is 18.7. The van der Waals surface area contributed by atoms with Crippen molar-refractivity contribution in [2.24, 2.45) is 5.92 Å². The Hall–Kier alpha value is -2.68. The van der Waals surface area contributed by atoms with E-state index >= 15 is 0 Å². The molecular formula is C23H24O3. The second-order valence-electron chi connectivity index (χ2n) is 6.83. The lowest BCUT2D eigenvalue weighted by Crippen LogP contribution is -2.34. The van der Waals surface area contributed by atoms with Gasteiger partial charge < -0.3 is 4.74 Å². The summed E-state index contributed by atoms with van der Waals surface area (Å²) in [4.78, 5) is 25.4. The van der Waals surface area contributed by atoms with Crippen molar-refractivity contribution < 1.29 is 14.3 Å². The van der Waals surface area contributed by atoms with E-state index in [4.69, 9.17) is 4.74 Å². The Bertz CT molecular complexity index is 846. The average molecular weight is 348 g/mol. The third kappa shape index (κ3) is 3.62. The van der Waals surface area contributed by atoms with Crippen LogP contribution in [0.4, 0.5) is 0 Å². The van der Waals surface area contributed by atoms with E-state index < -0.39 is 11.9 Å². The van der Waals surface area contributed by atoms with Gasteiger partial charge in [0.1, 0.15) is 5.92 Å². The summed E-state index contributed by atoms with van der Waals surface area (Å²) in [6.07, 6.45) is 2.27. The van der Waals surface area contributed by atoms with E-state index in [-0.39, 0.29) is 18.3 Å². The monoisotopic (exact) mass is 348 g/mol. The van der Waals surface area contributed by atoms with Crippen LogP contribution in [0.3, 0.4) is 0 Å². The van der Waals surface area contributed by atoms with E-state index in [0.717, 1.165) is 22.3 Å². The molecule has 3 nitrogen and oxygen atoms in total. The van der Waals surface area contributed by atoms with Crippen molar-refractivity contribution in [3.05, 3.63) is 76.9 Å². The second-order valence-corrected chi connectivity index (χ2v) is 6.83. The first-order valence-corrected chi connectivity index (χ1v) is 9.05. The van der Waals surface area contributed by atoms with Crippen LogP contribution < -0.4 is 0 Å². The number of hydrogen-bond acceptors (Lipinski definition) is 3. The number of benzene rings is 2. The molecule has 134 valence electrons. The molecule has 1 aliphatic rings. The highest BCUT2D eigenvalue weighted by Gasteiger charge is 2.40. The Morgan fingerprint density at radius 2 is 1.77 bits per heavy atom. The molecule has 0 aromatic heterocycles. The standard InChI is InChI=1S/C23H24O3/c1-4-26-23(25)22-20(19-8-6-5-7-16(19)3)13-18(14-21(22)24)17-11-9-15(2)10-12-17/h5-12,14,20,22H,4,13H2,1-3H3. The van der Waals surface area contributed by atoms with E-state index in [0.29, 0.717) is 6.42 Å². The fourth-order valence-corrected chi connectivity index (χ4v) is 3.65. The van der Waals surface area contributed by atoms with Gasteiger partial charge in [-0.15, -0.1) is 0 Å². The van der Waals surface area contributed by atoms with E-state index in [2.05, 4.69) is 0 Å². The predicted octanol–water partition coefficient (Wildman–Crippen LogP) is 4.62. The van der Waals surface area contributed by atoms with Gasteiger partial charge in [-0.25, -0.2) is 0 Å². The molecule has 0 saturated carbocycles. The van der Waals surface area contributed by atoms with E-state index in [1.807, 2.05) is 62.4 Å². The molecule has 0 radical (unpaired) electrons. The van der Waals surface area contributed by atoms with E-state index in [9.17, 15) is 9.59 Å². The minimum absolute atomic E-state index is 0.168. The third-order valence-electron chi connectivity index (χ3n) is 5.02.